The van der Waals surface area contributed by atoms with Gasteiger partial charge in [0.15, 0.2) is 0 Å². The predicted octanol–water partition coefficient (Wildman–Crippen LogP) is 1.62. The minimum absolute atomic E-state index is 0.342. The topological polar surface area (TPSA) is 53.1 Å². The van der Waals surface area contributed by atoms with Crippen molar-refractivity contribution in [3.05, 3.63) is 47.8 Å². The first-order valence-electron chi connectivity index (χ1n) is 5.19. The Morgan fingerprint density at radius 2 is 2.24 bits per heavy atom. The highest BCUT2D eigenvalue weighted by Gasteiger charge is 2.18. The minimum atomic E-state index is -0.513. The molecule has 2 rings (SSSR count). The van der Waals surface area contributed by atoms with E-state index >= 15 is 0 Å². The Morgan fingerprint density at radius 1 is 1.47 bits per heavy atom. The lowest BCUT2D eigenvalue weighted by molar-refractivity contribution is 0.405. The van der Waals surface area contributed by atoms with Gasteiger partial charge in [-0.25, -0.2) is 9.37 Å². The van der Waals surface area contributed by atoms with Crippen molar-refractivity contribution in [3.8, 4) is 5.75 Å². The summed E-state index contributed by atoms with van der Waals surface area (Å²) in [5, 5.41) is 0. The van der Waals surface area contributed by atoms with E-state index < -0.39 is 6.04 Å². The number of methoxy groups -OCH3 is 1. The number of nitrogens with two attached hydrogens (primary N) is 1. The molecule has 90 valence electrons. The van der Waals surface area contributed by atoms with Gasteiger partial charge in [0, 0.05) is 25.0 Å². The van der Waals surface area contributed by atoms with Crippen molar-refractivity contribution in [1.29, 1.82) is 0 Å². The lowest BCUT2D eigenvalue weighted by Gasteiger charge is -2.15. The first kappa shape index (κ1) is 11.6. The summed E-state index contributed by atoms with van der Waals surface area (Å²) in [7, 11) is 3.37. The second-order valence-corrected chi connectivity index (χ2v) is 3.76. The molecule has 0 saturated heterocycles. The van der Waals surface area contributed by atoms with Gasteiger partial charge >= 0.3 is 0 Å². The molecule has 0 aliphatic carbocycles. The Morgan fingerprint density at radius 3 is 2.82 bits per heavy atom. The van der Waals surface area contributed by atoms with Crippen molar-refractivity contribution >= 4 is 0 Å². The number of ether oxygens (including phenoxy) is 1. The molecule has 5 heteroatoms. The highest BCUT2D eigenvalue weighted by molar-refractivity contribution is 5.39. The zero-order valence-corrected chi connectivity index (χ0v) is 9.72. The summed E-state index contributed by atoms with van der Waals surface area (Å²) in [6.07, 6.45) is 3.45. The maximum atomic E-state index is 13.2. The van der Waals surface area contributed by atoms with Gasteiger partial charge in [0.2, 0.25) is 0 Å². The van der Waals surface area contributed by atoms with Gasteiger partial charge in [0.1, 0.15) is 17.4 Å². The molecular formula is C12H14FN3O. The zero-order valence-electron chi connectivity index (χ0n) is 9.72. The summed E-state index contributed by atoms with van der Waals surface area (Å²) < 4.78 is 20.2. The third-order valence-corrected chi connectivity index (χ3v) is 2.66. The van der Waals surface area contributed by atoms with E-state index in [1.54, 1.807) is 23.0 Å². The highest BCUT2D eigenvalue weighted by Crippen LogP contribution is 2.27. The number of nitrogens with zero attached hydrogens (tertiary/aromatic N) is 2. The van der Waals surface area contributed by atoms with Crippen LogP contribution >= 0.6 is 0 Å². The van der Waals surface area contributed by atoms with Crippen molar-refractivity contribution in [2.75, 3.05) is 7.11 Å². The molecule has 2 aromatic rings. The standard InChI is InChI=1S/C12H14FN3O/c1-16-6-5-15-12(16)11(14)9-7-8(13)3-4-10(9)17-2/h3-7,11H,14H2,1-2H3. The normalized spacial score (nSPS) is 12.5. The van der Waals surface area contributed by atoms with E-state index in [1.165, 1.54) is 19.2 Å². The molecule has 0 aliphatic rings. The minimum Gasteiger partial charge on any atom is -0.496 e. The summed E-state index contributed by atoms with van der Waals surface area (Å²) >= 11 is 0. The molecule has 0 radical (unpaired) electrons. The van der Waals surface area contributed by atoms with E-state index in [4.69, 9.17) is 10.5 Å². The van der Waals surface area contributed by atoms with Crippen LogP contribution in [0.5, 0.6) is 5.75 Å². The summed E-state index contributed by atoms with van der Waals surface area (Å²) in [5.41, 5.74) is 6.66. The molecule has 0 spiro atoms. The van der Waals surface area contributed by atoms with Crippen molar-refractivity contribution in [1.82, 2.24) is 9.55 Å². The number of benzene rings is 1. The molecule has 1 aromatic heterocycles. The number of rotatable bonds is 3. The van der Waals surface area contributed by atoms with Crippen LogP contribution in [0.25, 0.3) is 0 Å². The zero-order chi connectivity index (χ0) is 12.4. The quantitative estimate of drug-likeness (QED) is 0.879. The molecular weight excluding hydrogens is 221 g/mol. The van der Waals surface area contributed by atoms with Gasteiger partial charge in [-0.2, -0.15) is 0 Å². The van der Waals surface area contributed by atoms with Crippen molar-refractivity contribution < 1.29 is 9.13 Å². The van der Waals surface area contributed by atoms with Crippen molar-refractivity contribution in [2.45, 2.75) is 6.04 Å². The molecule has 1 heterocycles. The van der Waals surface area contributed by atoms with Gasteiger partial charge in [-0.1, -0.05) is 0 Å². The third-order valence-electron chi connectivity index (χ3n) is 2.66. The van der Waals surface area contributed by atoms with Crippen LogP contribution in [0.3, 0.4) is 0 Å². The Bertz CT molecular complexity index is 524. The molecule has 1 atom stereocenters. The third kappa shape index (κ3) is 2.14. The smallest absolute Gasteiger partial charge is 0.130 e. The molecule has 1 unspecified atom stereocenters. The van der Waals surface area contributed by atoms with E-state index in [-0.39, 0.29) is 5.82 Å². The van der Waals surface area contributed by atoms with Crippen LogP contribution in [0.2, 0.25) is 0 Å². The average molecular weight is 235 g/mol. The summed E-state index contributed by atoms with van der Waals surface area (Å²) in [5.74, 6) is 0.876. The van der Waals surface area contributed by atoms with E-state index in [1.807, 2.05) is 7.05 Å². The molecule has 4 nitrogen and oxygen atoms in total. The maximum Gasteiger partial charge on any atom is 0.130 e. The number of hydrogen-bond acceptors (Lipinski definition) is 3. The molecule has 0 fully saturated rings. The average Bonchev–Trinajstić information content (AvgIpc) is 2.74. The highest BCUT2D eigenvalue weighted by atomic mass is 19.1. The number of halogens is 1. The summed E-state index contributed by atoms with van der Waals surface area (Å²) in [6, 6.07) is 3.76. The monoisotopic (exact) mass is 235 g/mol. The van der Waals surface area contributed by atoms with Crippen LogP contribution < -0.4 is 10.5 Å². The van der Waals surface area contributed by atoms with E-state index in [0.29, 0.717) is 17.1 Å². The Hall–Kier alpha value is -1.88. The second kappa shape index (κ2) is 4.55. The Labute approximate surface area is 98.8 Å². The van der Waals surface area contributed by atoms with Crippen LogP contribution in [0, 0.1) is 5.82 Å². The number of aryl methyl sites for hydroxylation is 1. The van der Waals surface area contributed by atoms with Crippen molar-refractivity contribution in [3.63, 3.8) is 0 Å². The van der Waals surface area contributed by atoms with Crippen LogP contribution in [-0.4, -0.2) is 16.7 Å². The lowest BCUT2D eigenvalue weighted by Crippen LogP contribution is -2.17. The van der Waals surface area contributed by atoms with E-state index in [0.717, 1.165) is 0 Å². The molecule has 0 bridgehead atoms. The molecule has 0 amide bonds. The van der Waals surface area contributed by atoms with Gasteiger partial charge in [-0.3, -0.25) is 0 Å². The fourth-order valence-electron chi connectivity index (χ4n) is 1.76. The molecule has 17 heavy (non-hydrogen) atoms. The van der Waals surface area contributed by atoms with Gasteiger partial charge < -0.3 is 15.0 Å². The van der Waals surface area contributed by atoms with Gasteiger partial charge in [-0.15, -0.1) is 0 Å². The van der Waals surface area contributed by atoms with Crippen LogP contribution in [-0.2, 0) is 7.05 Å². The fourth-order valence-corrected chi connectivity index (χ4v) is 1.76. The predicted molar refractivity (Wildman–Crippen MR) is 62.2 cm³/mol. The van der Waals surface area contributed by atoms with Crippen molar-refractivity contribution in [2.24, 2.45) is 12.8 Å². The Kier molecular flexibility index (Phi) is 3.10. The first-order chi connectivity index (χ1) is 8.13. The number of hydrogen-bond donors (Lipinski definition) is 1. The second-order valence-electron chi connectivity index (χ2n) is 3.76. The Balaban J connectivity index is 2.46. The van der Waals surface area contributed by atoms with Gasteiger partial charge in [0.05, 0.1) is 13.2 Å². The largest absolute Gasteiger partial charge is 0.496 e. The number of aromatic nitrogens is 2. The molecule has 0 aliphatic heterocycles. The van der Waals surface area contributed by atoms with E-state index in [2.05, 4.69) is 4.98 Å². The lowest BCUT2D eigenvalue weighted by atomic mass is 10.1. The SMILES string of the molecule is COc1ccc(F)cc1C(N)c1nccn1C. The maximum absolute atomic E-state index is 13.2. The van der Waals surface area contributed by atoms with Gasteiger partial charge in [0.25, 0.3) is 0 Å². The van der Waals surface area contributed by atoms with E-state index in [9.17, 15) is 4.39 Å². The van der Waals surface area contributed by atoms with Gasteiger partial charge in [-0.05, 0) is 18.2 Å². The fraction of sp³-hybridized carbons (Fsp3) is 0.250. The molecule has 2 N–H and O–H groups in total. The first-order valence-corrected chi connectivity index (χ1v) is 5.19. The molecule has 0 saturated carbocycles. The summed E-state index contributed by atoms with van der Waals surface area (Å²) in [4.78, 5) is 4.16. The van der Waals surface area contributed by atoms with Crippen LogP contribution in [0.1, 0.15) is 17.4 Å². The van der Waals surface area contributed by atoms with Crippen LogP contribution in [0.15, 0.2) is 30.6 Å². The van der Waals surface area contributed by atoms with Crippen LogP contribution in [0.4, 0.5) is 4.39 Å². The summed E-state index contributed by atoms with van der Waals surface area (Å²) in [6.45, 7) is 0. The molecule has 1 aromatic carbocycles. The number of imidazole rings is 1.